The minimum atomic E-state index is 0.182. The first-order valence-corrected chi connectivity index (χ1v) is 8.96. The molecule has 4 rings (SSSR count). The van der Waals surface area contributed by atoms with Crippen LogP contribution in [0.4, 0.5) is 11.8 Å². The van der Waals surface area contributed by atoms with Gasteiger partial charge in [0.25, 0.3) is 0 Å². The van der Waals surface area contributed by atoms with Gasteiger partial charge in [-0.05, 0) is 24.6 Å². The number of hydrogen-bond donors (Lipinski definition) is 2. The van der Waals surface area contributed by atoms with E-state index in [1.807, 2.05) is 18.2 Å². The van der Waals surface area contributed by atoms with Gasteiger partial charge in [-0.1, -0.05) is 42.5 Å². The second kappa shape index (κ2) is 7.07. The number of nitrogens with one attached hydrogen (secondary N) is 1. The molecule has 0 spiro atoms. The van der Waals surface area contributed by atoms with E-state index in [1.54, 1.807) is 0 Å². The average molecular weight is 334 g/mol. The Bertz CT molecular complexity index is 843. The van der Waals surface area contributed by atoms with Crippen LogP contribution in [-0.4, -0.2) is 36.1 Å². The Morgan fingerprint density at radius 1 is 0.960 bits per heavy atom. The molecule has 5 nitrogen and oxygen atoms in total. The summed E-state index contributed by atoms with van der Waals surface area (Å²) in [5, 5.41) is 7.00. The predicted octanol–water partition coefficient (Wildman–Crippen LogP) is 2.19. The molecule has 1 aliphatic rings. The predicted molar refractivity (Wildman–Crippen MR) is 102 cm³/mol. The summed E-state index contributed by atoms with van der Waals surface area (Å²) in [6.45, 7) is 6.35. The number of quaternary nitrogens is 1. The molecule has 0 bridgehead atoms. The van der Waals surface area contributed by atoms with Crippen molar-refractivity contribution in [1.29, 1.82) is 0 Å². The standard InChI is InChI=1S/C20H23N5/c1-15(16-7-3-2-4-8-16)22-19-17-9-5-6-10-18(17)23-20(24-19)25-13-11-21-12-14-25/h2-10,15,21H,11-14H2,1H3,(H,22,23,24)/p+1. The fourth-order valence-corrected chi connectivity index (χ4v) is 3.30. The summed E-state index contributed by atoms with van der Waals surface area (Å²) in [6.07, 6.45) is 0. The maximum Gasteiger partial charge on any atom is 0.228 e. The van der Waals surface area contributed by atoms with E-state index >= 15 is 0 Å². The Labute approximate surface area is 148 Å². The van der Waals surface area contributed by atoms with Gasteiger partial charge in [0.1, 0.15) is 5.82 Å². The van der Waals surface area contributed by atoms with Crippen LogP contribution in [0.5, 0.6) is 0 Å². The number of aromatic nitrogens is 2. The van der Waals surface area contributed by atoms with Crippen LogP contribution < -0.4 is 15.5 Å². The molecule has 1 fully saturated rings. The van der Waals surface area contributed by atoms with E-state index in [4.69, 9.17) is 9.97 Å². The van der Waals surface area contributed by atoms with Crippen molar-refractivity contribution in [2.24, 2.45) is 0 Å². The van der Waals surface area contributed by atoms with Crippen molar-refractivity contribution >= 4 is 22.7 Å². The van der Waals surface area contributed by atoms with Crippen LogP contribution in [0, 0.1) is 0 Å². The van der Waals surface area contributed by atoms with E-state index in [1.165, 1.54) is 5.56 Å². The number of fused-ring (bicyclic) bond motifs is 1. The summed E-state index contributed by atoms with van der Waals surface area (Å²) >= 11 is 0. The number of rotatable bonds is 4. The quantitative estimate of drug-likeness (QED) is 0.768. The van der Waals surface area contributed by atoms with Crippen molar-refractivity contribution in [3.8, 4) is 0 Å². The van der Waals surface area contributed by atoms with Gasteiger partial charge >= 0.3 is 0 Å². The highest BCUT2D eigenvalue weighted by Gasteiger charge is 2.18. The molecule has 5 heteroatoms. The number of anilines is 2. The van der Waals surface area contributed by atoms with Crippen molar-refractivity contribution in [3.05, 3.63) is 60.2 Å². The van der Waals surface area contributed by atoms with Gasteiger partial charge < -0.3 is 15.5 Å². The van der Waals surface area contributed by atoms with Crippen LogP contribution in [0.2, 0.25) is 0 Å². The molecule has 2 heterocycles. The number of hydrogen-bond acceptors (Lipinski definition) is 4. The van der Waals surface area contributed by atoms with Crippen molar-refractivity contribution in [1.82, 2.24) is 9.97 Å². The third kappa shape index (κ3) is 3.42. The molecule has 0 amide bonds. The molecule has 0 aliphatic carbocycles. The van der Waals surface area contributed by atoms with Gasteiger partial charge in [0, 0.05) is 11.4 Å². The first-order chi connectivity index (χ1) is 12.3. The Kier molecular flexibility index (Phi) is 4.48. The van der Waals surface area contributed by atoms with E-state index in [-0.39, 0.29) is 6.04 Å². The molecule has 1 saturated heterocycles. The lowest BCUT2D eigenvalue weighted by Gasteiger charge is -2.26. The smallest absolute Gasteiger partial charge is 0.228 e. The van der Waals surface area contributed by atoms with Gasteiger partial charge in [0.2, 0.25) is 5.95 Å². The zero-order valence-corrected chi connectivity index (χ0v) is 14.5. The normalized spacial score (nSPS) is 16.0. The van der Waals surface area contributed by atoms with Crippen LogP contribution in [0.15, 0.2) is 54.6 Å². The van der Waals surface area contributed by atoms with E-state index in [2.05, 4.69) is 58.9 Å². The van der Waals surface area contributed by atoms with E-state index in [9.17, 15) is 0 Å². The maximum absolute atomic E-state index is 4.88. The average Bonchev–Trinajstić information content (AvgIpc) is 2.69. The zero-order valence-electron chi connectivity index (χ0n) is 14.5. The van der Waals surface area contributed by atoms with Gasteiger partial charge in [0.05, 0.1) is 31.7 Å². The van der Waals surface area contributed by atoms with Crippen LogP contribution in [0.3, 0.4) is 0 Å². The Morgan fingerprint density at radius 3 is 2.48 bits per heavy atom. The summed E-state index contributed by atoms with van der Waals surface area (Å²) in [5.41, 5.74) is 2.24. The zero-order chi connectivity index (χ0) is 17.1. The van der Waals surface area contributed by atoms with Gasteiger partial charge in [0.15, 0.2) is 0 Å². The van der Waals surface area contributed by atoms with Crippen LogP contribution in [0.25, 0.3) is 10.9 Å². The highest BCUT2D eigenvalue weighted by atomic mass is 15.3. The molecule has 128 valence electrons. The first-order valence-electron chi connectivity index (χ1n) is 8.96. The molecule has 2 aromatic carbocycles. The Balaban J connectivity index is 1.70. The first kappa shape index (κ1) is 15.8. The highest BCUT2D eigenvalue weighted by molar-refractivity contribution is 5.90. The molecule has 1 atom stereocenters. The molecule has 1 aliphatic heterocycles. The number of nitrogens with zero attached hydrogens (tertiary/aromatic N) is 3. The number of piperazine rings is 1. The lowest BCUT2D eigenvalue weighted by atomic mass is 10.1. The number of para-hydroxylation sites is 1. The van der Waals surface area contributed by atoms with E-state index in [0.717, 1.165) is 48.8 Å². The molecule has 3 aromatic rings. The SMILES string of the molecule is CC(Nc1nc(N2CC[NH2+]CC2)nc2ccccc12)c1ccccc1. The van der Waals surface area contributed by atoms with Crippen LogP contribution >= 0.6 is 0 Å². The molecule has 1 aromatic heterocycles. The Morgan fingerprint density at radius 2 is 1.68 bits per heavy atom. The van der Waals surface area contributed by atoms with Gasteiger partial charge in [-0.2, -0.15) is 4.98 Å². The number of nitrogens with two attached hydrogens (primary N) is 1. The summed E-state index contributed by atoms with van der Waals surface area (Å²) < 4.78 is 0. The molecule has 3 N–H and O–H groups in total. The third-order valence-electron chi connectivity index (χ3n) is 4.73. The minimum Gasteiger partial charge on any atom is -0.363 e. The summed E-state index contributed by atoms with van der Waals surface area (Å²) in [4.78, 5) is 12.0. The van der Waals surface area contributed by atoms with Crippen molar-refractivity contribution in [2.45, 2.75) is 13.0 Å². The topological polar surface area (TPSA) is 57.7 Å². The minimum absolute atomic E-state index is 0.182. The monoisotopic (exact) mass is 334 g/mol. The van der Waals surface area contributed by atoms with Crippen LogP contribution in [-0.2, 0) is 0 Å². The highest BCUT2D eigenvalue weighted by Crippen LogP contribution is 2.27. The molecule has 1 unspecified atom stereocenters. The fraction of sp³-hybridized carbons (Fsp3) is 0.300. The molecular formula is C20H24N5+. The van der Waals surface area contributed by atoms with E-state index < -0.39 is 0 Å². The summed E-state index contributed by atoms with van der Waals surface area (Å²) in [7, 11) is 0. The molecule has 25 heavy (non-hydrogen) atoms. The lowest BCUT2D eigenvalue weighted by molar-refractivity contribution is -0.655. The van der Waals surface area contributed by atoms with Crippen molar-refractivity contribution in [3.63, 3.8) is 0 Å². The molecule has 0 saturated carbocycles. The van der Waals surface area contributed by atoms with Crippen molar-refractivity contribution < 1.29 is 5.32 Å². The van der Waals surface area contributed by atoms with Gasteiger partial charge in [-0.25, -0.2) is 4.98 Å². The molecular weight excluding hydrogens is 310 g/mol. The van der Waals surface area contributed by atoms with Gasteiger partial charge in [-0.3, -0.25) is 0 Å². The maximum atomic E-state index is 4.88. The largest absolute Gasteiger partial charge is 0.363 e. The number of benzene rings is 2. The molecule has 0 radical (unpaired) electrons. The fourth-order valence-electron chi connectivity index (χ4n) is 3.30. The van der Waals surface area contributed by atoms with Crippen molar-refractivity contribution in [2.75, 3.05) is 36.4 Å². The van der Waals surface area contributed by atoms with Gasteiger partial charge in [-0.15, -0.1) is 0 Å². The second-order valence-corrected chi connectivity index (χ2v) is 6.52. The summed E-state index contributed by atoms with van der Waals surface area (Å²) in [6, 6.07) is 18.9. The lowest BCUT2D eigenvalue weighted by Crippen LogP contribution is -2.89. The second-order valence-electron chi connectivity index (χ2n) is 6.52. The third-order valence-corrected chi connectivity index (χ3v) is 4.73. The summed E-state index contributed by atoms with van der Waals surface area (Å²) in [5.74, 6) is 1.74. The van der Waals surface area contributed by atoms with E-state index in [0.29, 0.717) is 0 Å². The van der Waals surface area contributed by atoms with Crippen LogP contribution in [0.1, 0.15) is 18.5 Å². The Hall–Kier alpha value is -2.66.